The number of methoxy groups -OCH3 is 1. The van der Waals surface area contributed by atoms with Crippen LogP contribution in [0.4, 0.5) is 17.6 Å². The zero-order valence-corrected chi connectivity index (χ0v) is 24.4. The molecule has 8 nitrogen and oxygen atoms in total. The first-order valence-corrected chi connectivity index (χ1v) is 14.2. The average molecular weight is 611 g/mol. The van der Waals surface area contributed by atoms with Crippen molar-refractivity contribution < 1.29 is 36.6 Å². The molecule has 2 aliphatic rings. The number of nitrogens with zero attached hydrogens (tertiary/aromatic N) is 4. The monoisotopic (exact) mass is 610 g/mol. The molecule has 4 heterocycles. The van der Waals surface area contributed by atoms with Crippen LogP contribution in [0, 0.1) is 12.7 Å². The van der Waals surface area contributed by atoms with Gasteiger partial charge in [-0.2, -0.15) is 13.2 Å². The summed E-state index contributed by atoms with van der Waals surface area (Å²) in [6.07, 6.45) is -2.36. The molecule has 44 heavy (non-hydrogen) atoms. The summed E-state index contributed by atoms with van der Waals surface area (Å²) < 4.78 is 68.6. The third-order valence-electron chi connectivity index (χ3n) is 8.48. The lowest BCUT2D eigenvalue weighted by atomic mass is 9.94. The van der Waals surface area contributed by atoms with Gasteiger partial charge in [0, 0.05) is 50.8 Å². The van der Waals surface area contributed by atoms with Gasteiger partial charge in [0.05, 0.1) is 24.1 Å². The zero-order chi connectivity index (χ0) is 31.3. The third kappa shape index (κ3) is 5.22. The molecular weight excluding hydrogens is 580 g/mol. The number of halogens is 4. The number of ether oxygens (including phenoxy) is 2. The summed E-state index contributed by atoms with van der Waals surface area (Å²) in [4.78, 5) is 33.3. The molecule has 4 aromatic rings. The van der Waals surface area contributed by atoms with Gasteiger partial charge in [-0.3, -0.25) is 9.59 Å². The van der Waals surface area contributed by atoms with Crippen LogP contribution in [-0.4, -0.2) is 57.8 Å². The first-order chi connectivity index (χ1) is 21.0. The predicted octanol–water partition coefficient (Wildman–Crippen LogP) is 5.27. The maximum Gasteiger partial charge on any atom is 0.416 e. The molecule has 12 heteroatoms. The van der Waals surface area contributed by atoms with Gasteiger partial charge < -0.3 is 23.7 Å². The van der Waals surface area contributed by atoms with E-state index in [-0.39, 0.29) is 42.4 Å². The number of hydrogen-bond donors (Lipinski definition) is 0. The largest absolute Gasteiger partial charge is 0.497 e. The number of alkyl halides is 3. The lowest BCUT2D eigenvalue weighted by Gasteiger charge is -2.36. The normalized spacial score (nSPS) is 16.5. The topological polar surface area (TPSA) is 76.4 Å². The summed E-state index contributed by atoms with van der Waals surface area (Å²) in [7, 11) is 1.41. The lowest BCUT2D eigenvalue weighted by molar-refractivity contribution is -0.137. The Balaban J connectivity index is 1.33. The van der Waals surface area contributed by atoms with Crippen LogP contribution in [-0.2, 0) is 35.2 Å². The van der Waals surface area contributed by atoms with E-state index in [1.165, 1.54) is 34.7 Å². The average Bonchev–Trinajstić information content (AvgIpc) is 3.37. The summed E-state index contributed by atoms with van der Waals surface area (Å²) >= 11 is 0. The van der Waals surface area contributed by atoms with E-state index in [2.05, 4.69) is 4.98 Å². The molecule has 2 aromatic heterocycles. The smallest absolute Gasteiger partial charge is 0.416 e. The fourth-order valence-electron chi connectivity index (χ4n) is 6.17. The quantitative estimate of drug-likeness (QED) is 0.288. The second-order valence-electron chi connectivity index (χ2n) is 11.0. The molecule has 0 N–H and O–H groups in total. The molecule has 0 saturated carbocycles. The highest BCUT2D eigenvalue weighted by molar-refractivity contribution is 5.79. The molecule has 1 unspecified atom stereocenters. The lowest BCUT2D eigenvalue weighted by Crippen LogP contribution is -2.43. The van der Waals surface area contributed by atoms with Crippen molar-refractivity contribution in [3.8, 4) is 11.5 Å². The molecule has 2 aliphatic heterocycles. The number of aromatic nitrogens is 2. The number of carbonyl (C=O) groups excluding carboxylic acids is 2. The number of carbonyl (C=O) groups is 2. The number of fused-ring (bicyclic) bond motifs is 4. The Morgan fingerprint density at radius 2 is 1.86 bits per heavy atom. The predicted molar refractivity (Wildman–Crippen MR) is 152 cm³/mol. The Morgan fingerprint density at radius 1 is 1.07 bits per heavy atom. The molecule has 0 saturated heterocycles. The van der Waals surface area contributed by atoms with Crippen molar-refractivity contribution >= 4 is 17.5 Å². The molecule has 1 atom stereocenters. The van der Waals surface area contributed by atoms with Crippen LogP contribution in [0.15, 0.2) is 48.7 Å². The van der Waals surface area contributed by atoms with E-state index in [1.54, 1.807) is 24.0 Å². The van der Waals surface area contributed by atoms with E-state index < -0.39 is 29.5 Å². The molecule has 2 amide bonds. The van der Waals surface area contributed by atoms with Gasteiger partial charge in [-0.05, 0) is 60.4 Å². The zero-order valence-electron chi connectivity index (χ0n) is 24.4. The SMILES string of the molecule is COc1ccc(C2c3c(nc4cc(C(F)(F)F)ccn34)CCN2C(=O)COc2ccc3c(c2C)CCN(C(C)=O)C3)c(F)c1. The highest BCUT2D eigenvalue weighted by Crippen LogP contribution is 2.39. The molecular formula is C32H30F4N4O4. The minimum atomic E-state index is -4.56. The maximum atomic E-state index is 15.6. The Hall–Kier alpha value is -4.61. The highest BCUT2D eigenvalue weighted by Gasteiger charge is 2.38. The van der Waals surface area contributed by atoms with Gasteiger partial charge in [0.1, 0.15) is 29.0 Å². The van der Waals surface area contributed by atoms with Crippen LogP contribution in [0.3, 0.4) is 0 Å². The van der Waals surface area contributed by atoms with E-state index in [9.17, 15) is 22.8 Å². The fraction of sp³-hybridized carbons (Fsp3) is 0.344. The van der Waals surface area contributed by atoms with Crippen LogP contribution in [0.5, 0.6) is 11.5 Å². The summed E-state index contributed by atoms with van der Waals surface area (Å²) in [5, 5.41) is 0. The number of benzene rings is 2. The van der Waals surface area contributed by atoms with Gasteiger partial charge in [-0.15, -0.1) is 0 Å². The van der Waals surface area contributed by atoms with E-state index in [0.717, 1.165) is 28.8 Å². The van der Waals surface area contributed by atoms with Crippen LogP contribution in [0.2, 0.25) is 0 Å². The number of imidazole rings is 1. The number of rotatable bonds is 5. The molecule has 0 aliphatic carbocycles. The molecule has 0 fully saturated rings. The van der Waals surface area contributed by atoms with E-state index in [4.69, 9.17) is 9.47 Å². The molecule has 2 aromatic carbocycles. The minimum absolute atomic E-state index is 0.0125. The molecule has 0 spiro atoms. The Kier molecular flexibility index (Phi) is 7.46. The van der Waals surface area contributed by atoms with Crippen LogP contribution >= 0.6 is 0 Å². The maximum absolute atomic E-state index is 15.6. The van der Waals surface area contributed by atoms with Gasteiger partial charge in [0.25, 0.3) is 5.91 Å². The molecule has 0 radical (unpaired) electrons. The molecule has 6 rings (SSSR count). The second kappa shape index (κ2) is 11.1. The number of hydrogen-bond acceptors (Lipinski definition) is 5. The molecule has 230 valence electrons. The van der Waals surface area contributed by atoms with Crippen molar-refractivity contribution in [1.82, 2.24) is 19.2 Å². The number of pyridine rings is 1. The van der Waals surface area contributed by atoms with Crippen molar-refractivity contribution in [3.63, 3.8) is 0 Å². The van der Waals surface area contributed by atoms with E-state index in [1.807, 2.05) is 13.0 Å². The van der Waals surface area contributed by atoms with E-state index >= 15 is 4.39 Å². The van der Waals surface area contributed by atoms with Crippen molar-refractivity contribution in [1.29, 1.82) is 0 Å². The van der Waals surface area contributed by atoms with Crippen molar-refractivity contribution in [2.24, 2.45) is 0 Å². The van der Waals surface area contributed by atoms with Gasteiger partial charge >= 0.3 is 6.18 Å². The van der Waals surface area contributed by atoms with Gasteiger partial charge in [0.15, 0.2) is 6.61 Å². The highest BCUT2D eigenvalue weighted by atomic mass is 19.4. The minimum Gasteiger partial charge on any atom is -0.497 e. The first kappa shape index (κ1) is 29.5. The van der Waals surface area contributed by atoms with Crippen molar-refractivity contribution in [2.45, 2.75) is 45.5 Å². The Morgan fingerprint density at radius 3 is 2.57 bits per heavy atom. The van der Waals surface area contributed by atoms with Crippen molar-refractivity contribution in [3.05, 3.63) is 93.7 Å². The Bertz CT molecular complexity index is 1780. The van der Waals surface area contributed by atoms with Crippen molar-refractivity contribution in [2.75, 3.05) is 26.8 Å². The second-order valence-corrected chi connectivity index (χ2v) is 11.0. The summed E-state index contributed by atoms with van der Waals surface area (Å²) in [5.74, 6) is -0.220. The fourth-order valence-corrected chi connectivity index (χ4v) is 6.17. The third-order valence-corrected chi connectivity index (χ3v) is 8.48. The van der Waals surface area contributed by atoms with Gasteiger partial charge in [0.2, 0.25) is 5.91 Å². The molecule has 0 bridgehead atoms. The standard InChI is InChI=1S/C32H30F4N4O4/c1-18-23-9-11-38(19(2)41)16-20(23)4-7-27(18)44-17-29(42)40-13-10-26-31(30(40)24-6-5-22(43-3)15-25(24)33)39-12-8-21(32(34,35)36)14-28(39)37-26/h4-8,12,14-15,30H,9-11,13,16-17H2,1-3H3. The van der Waals surface area contributed by atoms with Gasteiger partial charge in [-0.1, -0.05) is 6.07 Å². The summed E-state index contributed by atoms with van der Waals surface area (Å²) in [5.41, 5.74) is 3.26. The van der Waals surface area contributed by atoms with Crippen LogP contribution in [0.1, 0.15) is 52.2 Å². The van der Waals surface area contributed by atoms with Crippen LogP contribution < -0.4 is 9.47 Å². The van der Waals surface area contributed by atoms with E-state index in [0.29, 0.717) is 36.6 Å². The van der Waals surface area contributed by atoms with Gasteiger partial charge in [-0.25, -0.2) is 9.37 Å². The summed E-state index contributed by atoms with van der Waals surface area (Å²) in [6.45, 7) is 4.39. The number of amides is 2. The summed E-state index contributed by atoms with van der Waals surface area (Å²) in [6, 6.07) is 8.87. The van der Waals surface area contributed by atoms with Crippen LogP contribution in [0.25, 0.3) is 5.65 Å². The Labute approximate surface area is 250 Å². The first-order valence-electron chi connectivity index (χ1n) is 14.2.